The number of nitrogens with one attached hydrogen (secondary N) is 1. The summed E-state index contributed by atoms with van der Waals surface area (Å²) in [5, 5.41) is 23.4. The van der Waals surface area contributed by atoms with Crippen LogP contribution in [0.5, 0.6) is 0 Å². The van der Waals surface area contributed by atoms with E-state index in [9.17, 15) is 10.1 Å². The molecular weight excluding hydrogens is 348 g/mol. The van der Waals surface area contributed by atoms with Crippen LogP contribution in [0.3, 0.4) is 0 Å². The van der Waals surface area contributed by atoms with Gasteiger partial charge in [-0.05, 0) is 60.2 Å². The molecule has 1 amide bonds. The number of aliphatic hydroxyl groups is 1. The third-order valence-electron chi connectivity index (χ3n) is 5.03. The van der Waals surface area contributed by atoms with Gasteiger partial charge in [0.2, 0.25) is 5.91 Å². The Balaban J connectivity index is 1.86. The molecule has 0 aliphatic heterocycles. The van der Waals surface area contributed by atoms with E-state index in [-0.39, 0.29) is 18.4 Å². The first kappa shape index (κ1) is 19.6. The number of benzene rings is 3. The van der Waals surface area contributed by atoms with Gasteiger partial charge in [0.25, 0.3) is 0 Å². The summed E-state index contributed by atoms with van der Waals surface area (Å²) in [5.41, 5.74) is 3.15. The Labute approximate surface area is 165 Å². The zero-order valence-corrected chi connectivity index (χ0v) is 16.0. The van der Waals surface area contributed by atoms with E-state index in [1.54, 1.807) is 12.1 Å². The van der Waals surface area contributed by atoms with Crippen LogP contribution in [-0.4, -0.2) is 17.6 Å². The standard InChI is InChI=1S/C24H24N2O2/c1-17(21-11-6-9-19-7-2-3-10-22(19)21)24(28)26-23-15-18(16-25)12-13-20(23)8-4-5-14-27/h2-3,6-7,9-13,15,17,27H,4-5,8,14H2,1H3,(H,26,28). The molecule has 0 aromatic heterocycles. The molecule has 0 saturated heterocycles. The molecule has 0 saturated carbocycles. The van der Waals surface area contributed by atoms with E-state index in [1.165, 1.54) is 0 Å². The number of amides is 1. The summed E-state index contributed by atoms with van der Waals surface area (Å²) in [4.78, 5) is 13.0. The fourth-order valence-corrected chi connectivity index (χ4v) is 3.42. The molecule has 142 valence electrons. The Morgan fingerprint density at radius 2 is 1.89 bits per heavy atom. The number of nitrogens with zero attached hydrogens (tertiary/aromatic N) is 1. The molecule has 2 N–H and O–H groups in total. The molecule has 4 nitrogen and oxygen atoms in total. The number of rotatable bonds is 7. The maximum absolute atomic E-state index is 13.0. The number of carbonyl (C=O) groups excluding carboxylic acids is 1. The van der Waals surface area contributed by atoms with Gasteiger partial charge in [-0.3, -0.25) is 4.79 Å². The summed E-state index contributed by atoms with van der Waals surface area (Å²) < 4.78 is 0. The predicted molar refractivity (Wildman–Crippen MR) is 112 cm³/mol. The summed E-state index contributed by atoms with van der Waals surface area (Å²) in [6.07, 6.45) is 2.27. The van der Waals surface area contributed by atoms with Crippen molar-refractivity contribution in [2.24, 2.45) is 0 Å². The molecule has 0 heterocycles. The van der Waals surface area contributed by atoms with Gasteiger partial charge in [-0.25, -0.2) is 0 Å². The molecule has 3 aromatic carbocycles. The first-order valence-electron chi connectivity index (χ1n) is 9.56. The smallest absolute Gasteiger partial charge is 0.231 e. The lowest BCUT2D eigenvalue weighted by Gasteiger charge is -2.17. The van der Waals surface area contributed by atoms with E-state index in [2.05, 4.69) is 11.4 Å². The van der Waals surface area contributed by atoms with Gasteiger partial charge in [0, 0.05) is 12.3 Å². The zero-order chi connectivity index (χ0) is 19.9. The molecular formula is C24H24N2O2. The number of anilines is 1. The maximum Gasteiger partial charge on any atom is 0.231 e. The van der Waals surface area contributed by atoms with Gasteiger partial charge in [-0.15, -0.1) is 0 Å². The maximum atomic E-state index is 13.0. The Morgan fingerprint density at radius 1 is 1.11 bits per heavy atom. The first-order chi connectivity index (χ1) is 13.6. The van der Waals surface area contributed by atoms with Crippen molar-refractivity contribution >= 4 is 22.4 Å². The van der Waals surface area contributed by atoms with Crippen LogP contribution in [0.15, 0.2) is 60.7 Å². The van der Waals surface area contributed by atoms with E-state index in [0.717, 1.165) is 34.7 Å². The largest absolute Gasteiger partial charge is 0.396 e. The summed E-state index contributed by atoms with van der Waals surface area (Å²) in [7, 11) is 0. The average molecular weight is 372 g/mol. The van der Waals surface area contributed by atoms with Gasteiger partial charge in [0.1, 0.15) is 0 Å². The van der Waals surface area contributed by atoms with E-state index < -0.39 is 0 Å². The first-order valence-corrected chi connectivity index (χ1v) is 9.56. The fourth-order valence-electron chi connectivity index (χ4n) is 3.42. The highest BCUT2D eigenvalue weighted by molar-refractivity contribution is 5.99. The molecule has 3 rings (SSSR count). The highest BCUT2D eigenvalue weighted by Gasteiger charge is 2.19. The average Bonchev–Trinajstić information content (AvgIpc) is 2.73. The van der Waals surface area contributed by atoms with Crippen LogP contribution in [0.4, 0.5) is 5.69 Å². The molecule has 0 radical (unpaired) electrons. The monoisotopic (exact) mass is 372 g/mol. The highest BCUT2D eigenvalue weighted by Crippen LogP contribution is 2.28. The van der Waals surface area contributed by atoms with Crippen molar-refractivity contribution in [3.63, 3.8) is 0 Å². The topological polar surface area (TPSA) is 73.1 Å². The van der Waals surface area contributed by atoms with E-state index in [1.807, 2.05) is 55.5 Å². The Hall–Kier alpha value is -3.16. The normalized spacial score (nSPS) is 11.8. The van der Waals surface area contributed by atoms with Crippen molar-refractivity contribution in [3.05, 3.63) is 77.4 Å². The molecule has 0 bridgehead atoms. The van der Waals surface area contributed by atoms with Crippen LogP contribution >= 0.6 is 0 Å². The number of hydrogen-bond acceptors (Lipinski definition) is 3. The summed E-state index contributed by atoms with van der Waals surface area (Å²) in [6, 6.07) is 21.5. The van der Waals surface area contributed by atoms with Crippen LogP contribution in [0.2, 0.25) is 0 Å². The summed E-state index contributed by atoms with van der Waals surface area (Å²) in [6.45, 7) is 2.05. The van der Waals surface area contributed by atoms with Gasteiger partial charge >= 0.3 is 0 Å². The molecule has 0 aliphatic rings. The lowest BCUT2D eigenvalue weighted by molar-refractivity contribution is -0.117. The van der Waals surface area contributed by atoms with Crippen molar-refractivity contribution in [1.82, 2.24) is 0 Å². The lowest BCUT2D eigenvalue weighted by atomic mass is 9.94. The minimum atomic E-state index is -0.331. The number of unbranched alkanes of at least 4 members (excludes halogenated alkanes) is 1. The van der Waals surface area contributed by atoms with Gasteiger partial charge in [-0.2, -0.15) is 5.26 Å². The molecule has 1 atom stereocenters. The Kier molecular flexibility index (Phi) is 6.41. The molecule has 1 unspecified atom stereocenters. The van der Waals surface area contributed by atoms with Crippen LogP contribution in [0.1, 0.15) is 42.4 Å². The van der Waals surface area contributed by atoms with Gasteiger partial charge in [-0.1, -0.05) is 48.5 Å². The molecule has 4 heteroatoms. The molecule has 0 fully saturated rings. The van der Waals surface area contributed by atoms with E-state index in [0.29, 0.717) is 17.7 Å². The van der Waals surface area contributed by atoms with Crippen molar-refractivity contribution < 1.29 is 9.90 Å². The molecule has 28 heavy (non-hydrogen) atoms. The summed E-state index contributed by atoms with van der Waals surface area (Å²) >= 11 is 0. The van der Waals surface area contributed by atoms with Gasteiger partial charge in [0.05, 0.1) is 17.6 Å². The third-order valence-corrected chi connectivity index (χ3v) is 5.03. The highest BCUT2D eigenvalue weighted by atomic mass is 16.2. The van der Waals surface area contributed by atoms with E-state index in [4.69, 9.17) is 5.11 Å². The number of aliphatic hydroxyl groups excluding tert-OH is 1. The minimum Gasteiger partial charge on any atom is -0.396 e. The van der Waals surface area contributed by atoms with Crippen LogP contribution in [0.25, 0.3) is 10.8 Å². The van der Waals surface area contributed by atoms with Crippen LogP contribution in [0, 0.1) is 11.3 Å². The molecule has 0 aliphatic carbocycles. The Morgan fingerprint density at radius 3 is 2.68 bits per heavy atom. The molecule has 0 spiro atoms. The van der Waals surface area contributed by atoms with Crippen LogP contribution in [-0.2, 0) is 11.2 Å². The summed E-state index contributed by atoms with van der Waals surface area (Å²) in [5.74, 6) is -0.433. The van der Waals surface area contributed by atoms with Crippen molar-refractivity contribution in [2.75, 3.05) is 11.9 Å². The van der Waals surface area contributed by atoms with Gasteiger partial charge < -0.3 is 10.4 Å². The van der Waals surface area contributed by atoms with E-state index >= 15 is 0 Å². The predicted octanol–water partition coefficient (Wildman–Crippen LogP) is 4.77. The second-order valence-electron chi connectivity index (χ2n) is 6.94. The molecule has 3 aromatic rings. The van der Waals surface area contributed by atoms with Crippen molar-refractivity contribution in [1.29, 1.82) is 5.26 Å². The third kappa shape index (κ3) is 4.39. The lowest BCUT2D eigenvalue weighted by Crippen LogP contribution is -2.20. The number of nitriles is 1. The quantitative estimate of drug-likeness (QED) is 0.587. The number of aryl methyl sites for hydroxylation is 1. The number of hydrogen-bond donors (Lipinski definition) is 2. The fraction of sp³-hybridized carbons (Fsp3) is 0.250. The van der Waals surface area contributed by atoms with Crippen molar-refractivity contribution in [3.8, 4) is 6.07 Å². The number of carbonyl (C=O) groups is 1. The Bertz CT molecular complexity index is 1020. The van der Waals surface area contributed by atoms with Gasteiger partial charge in [0.15, 0.2) is 0 Å². The second-order valence-corrected chi connectivity index (χ2v) is 6.94. The minimum absolute atomic E-state index is 0.102. The SMILES string of the molecule is CC(C(=O)Nc1cc(C#N)ccc1CCCCO)c1cccc2ccccc12. The second kappa shape index (κ2) is 9.16. The zero-order valence-electron chi connectivity index (χ0n) is 16.0. The van der Waals surface area contributed by atoms with Crippen LogP contribution < -0.4 is 5.32 Å². The number of fused-ring (bicyclic) bond motifs is 1. The van der Waals surface area contributed by atoms with Crippen molar-refractivity contribution in [2.45, 2.75) is 32.1 Å².